The molecule has 17 heavy (non-hydrogen) atoms. The lowest BCUT2D eigenvalue weighted by Gasteiger charge is -2.13. The largest absolute Gasteiger partial charge is 0.357 e. The summed E-state index contributed by atoms with van der Waals surface area (Å²) in [5, 5.41) is 6.52. The van der Waals surface area contributed by atoms with Crippen LogP contribution in [0.4, 0.5) is 0 Å². The van der Waals surface area contributed by atoms with E-state index in [-0.39, 0.29) is 24.0 Å². The molecule has 1 unspecified atom stereocenters. The highest BCUT2D eigenvalue weighted by Gasteiger charge is 2.20. The van der Waals surface area contributed by atoms with Gasteiger partial charge in [0.25, 0.3) is 0 Å². The van der Waals surface area contributed by atoms with Crippen LogP contribution in [0, 0.1) is 5.92 Å². The lowest BCUT2D eigenvalue weighted by atomic mass is 10.1. The number of hydrogen-bond acceptors (Lipinski definition) is 2. The fourth-order valence-corrected chi connectivity index (χ4v) is 2.08. The molecule has 1 fully saturated rings. The van der Waals surface area contributed by atoms with Gasteiger partial charge in [0.2, 0.25) is 0 Å². The zero-order valence-corrected chi connectivity index (χ0v) is 13.7. The zero-order chi connectivity index (χ0) is 11.8. The van der Waals surface area contributed by atoms with Gasteiger partial charge in [-0.05, 0) is 39.3 Å². The first-order valence-corrected chi connectivity index (χ1v) is 6.54. The summed E-state index contributed by atoms with van der Waals surface area (Å²) in [6, 6.07) is 0. The minimum atomic E-state index is 0. The number of hydrogen-bond donors (Lipinski definition) is 2. The smallest absolute Gasteiger partial charge is 0.191 e. The average Bonchev–Trinajstić information content (AvgIpc) is 2.74. The third-order valence-corrected chi connectivity index (χ3v) is 3.01. The Balaban J connectivity index is 0.00000256. The van der Waals surface area contributed by atoms with Crippen LogP contribution in [0.3, 0.4) is 0 Å². The van der Waals surface area contributed by atoms with E-state index in [1.54, 1.807) is 0 Å². The van der Waals surface area contributed by atoms with Crippen LogP contribution in [-0.2, 0) is 0 Å². The van der Waals surface area contributed by atoms with Crippen molar-refractivity contribution >= 4 is 29.9 Å². The molecule has 0 aromatic carbocycles. The van der Waals surface area contributed by atoms with E-state index in [4.69, 9.17) is 0 Å². The van der Waals surface area contributed by atoms with E-state index in [1.807, 2.05) is 0 Å². The van der Waals surface area contributed by atoms with Crippen molar-refractivity contribution in [3.63, 3.8) is 0 Å². The second-order valence-corrected chi connectivity index (χ2v) is 4.30. The molecular weight excluding hydrogens is 327 g/mol. The Morgan fingerprint density at radius 2 is 1.88 bits per heavy atom. The second-order valence-electron chi connectivity index (χ2n) is 4.30. The first-order valence-electron chi connectivity index (χ1n) is 6.54. The highest BCUT2D eigenvalue weighted by atomic mass is 127. The van der Waals surface area contributed by atoms with Gasteiger partial charge in [-0.1, -0.05) is 6.92 Å². The summed E-state index contributed by atoms with van der Waals surface area (Å²) >= 11 is 0. The van der Waals surface area contributed by atoms with Crippen molar-refractivity contribution in [1.82, 2.24) is 15.5 Å². The molecule has 1 atom stereocenters. The van der Waals surface area contributed by atoms with Crippen LogP contribution in [0.15, 0.2) is 4.99 Å². The minimum Gasteiger partial charge on any atom is -0.357 e. The molecular formula is C12H27IN4. The molecule has 0 aromatic heterocycles. The Labute approximate surface area is 123 Å². The monoisotopic (exact) mass is 354 g/mol. The van der Waals surface area contributed by atoms with Crippen LogP contribution < -0.4 is 10.6 Å². The van der Waals surface area contributed by atoms with E-state index < -0.39 is 0 Å². The van der Waals surface area contributed by atoms with Crippen molar-refractivity contribution < 1.29 is 0 Å². The van der Waals surface area contributed by atoms with Crippen LogP contribution in [0.25, 0.3) is 0 Å². The van der Waals surface area contributed by atoms with Crippen molar-refractivity contribution in [2.24, 2.45) is 10.9 Å². The van der Waals surface area contributed by atoms with Crippen LogP contribution in [-0.4, -0.2) is 50.1 Å². The molecule has 0 bridgehead atoms. The summed E-state index contributed by atoms with van der Waals surface area (Å²) in [6.45, 7) is 12.9. The van der Waals surface area contributed by atoms with E-state index in [2.05, 4.69) is 41.3 Å². The topological polar surface area (TPSA) is 39.7 Å². The van der Waals surface area contributed by atoms with E-state index in [0.717, 1.165) is 31.5 Å². The number of aliphatic imine (C=N–C) groups is 1. The van der Waals surface area contributed by atoms with E-state index in [0.29, 0.717) is 0 Å². The molecule has 0 radical (unpaired) electrons. The standard InChI is InChI=1S/C12H26N4.HI/c1-4-13-12(14-5-2)15-9-11-7-8-16(6-3)10-11;/h11H,4-10H2,1-3H3,(H2,13,14,15);1H. The Kier molecular flexibility index (Phi) is 9.91. The maximum Gasteiger partial charge on any atom is 0.191 e. The number of halogens is 1. The maximum atomic E-state index is 4.62. The van der Waals surface area contributed by atoms with Gasteiger partial charge in [-0.25, -0.2) is 0 Å². The molecule has 5 heteroatoms. The van der Waals surface area contributed by atoms with Gasteiger partial charge in [-0.15, -0.1) is 24.0 Å². The fourth-order valence-electron chi connectivity index (χ4n) is 2.08. The molecule has 1 aliphatic rings. The molecule has 0 aliphatic carbocycles. The Hall–Kier alpha value is -0.0400. The van der Waals surface area contributed by atoms with Gasteiger partial charge < -0.3 is 15.5 Å². The van der Waals surface area contributed by atoms with Crippen molar-refractivity contribution in [1.29, 1.82) is 0 Å². The Bertz CT molecular complexity index is 213. The Morgan fingerprint density at radius 3 is 2.35 bits per heavy atom. The van der Waals surface area contributed by atoms with Gasteiger partial charge in [0, 0.05) is 26.2 Å². The van der Waals surface area contributed by atoms with Crippen molar-refractivity contribution in [3.05, 3.63) is 0 Å². The lowest BCUT2D eigenvalue weighted by Crippen LogP contribution is -2.37. The summed E-state index contributed by atoms with van der Waals surface area (Å²) in [4.78, 5) is 7.12. The van der Waals surface area contributed by atoms with Gasteiger partial charge in [-0.2, -0.15) is 0 Å². The van der Waals surface area contributed by atoms with Gasteiger partial charge in [-0.3, -0.25) is 4.99 Å². The predicted molar refractivity (Wildman–Crippen MR) is 85.3 cm³/mol. The second kappa shape index (κ2) is 9.94. The molecule has 0 saturated carbocycles. The molecule has 4 nitrogen and oxygen atoms in total. The molecule has 1 heterocycles. The maximum absolute atomic E-state index is 4.62. The van der Waals surface area contributed by atoms with Crippen molar-refractivity contribution in [3.8, 4) is 0 Å². The molecule has 0 amide bonds. The summed E-state index contributed by atoms with van der Waals surface area (Å²) in [7, 11) is 0. The first kappa shape index (κ1) is 17.0. The number of guanidine groups is 1. The van der Waals surface area contributed by atoms with E-state index in [1.165, 1.54) is 26.1 Å². The summed E-state index contributed by atoms with van der Waals surface area (Å²) in [5.74, 6) is 1.70. The van der Waals surface area contributed by atoms with Crippen LogP contribution in [0.1, 0.15) is 27.2 Å². The number of rotatable bonds is 5. The molecule has 1 saturated heterocycles. The molecule has 0 aromatic rings. The average molecular weight is 354 g/mol. The molecule has 1 aliphatic heterocycles. The van der Waals surface area contributed by atoms with E-state index >= 15 is 0 Å². The van der Waals surface area contributed by atoms with Crippen LogP contribution in [0.2, 0.25) is 0 Å². The Morgan fingerprint density at radius 1 is 1.24 bits per heavy atom. The van der Waals surface area contributed by atoms with Gasteiger partial charge in [0.1, 0.15) is 0 Å². The summed E-state index contributed by atoms with van der Waals surface area (Å²) < 4.78 is 0. The fraction of sp³-hybridized carbons (Fsp3) is 0.917. The van der Waals surface area contributed by atoms with E-state index in [9.17, 15) is 0 Å². The minimum absolute atomic E-state index is 0. The first-order chi connectivity index (χ1) is 7.80. The van der Waals surface area contributed by atoms with Crippen LogP contribution in [0.5, 0.6) is 0 Å². The molecule has 102 valence electrons. The third kappa shape index (κ3) is 6.45. The molecule has 0 spiro atoms. The predicted octanol–water partition coefficient (Wildman–Crippen LogP) is 1.52. The summed E-state index contributed by atoms with van der Waals surface area (Å²) in [6.07, 6.45) is 1.29. The molecule has 2 N–H and O–H groups in total. The number of likely N-dealkylation sites (tertiary alicyclic amines) is 1. The SMILES string of the molecule is CCNC(=NCC1CCN(CC)C1)NCC.I. The third-order valence-electron chi connectivity index (χ3n) is 3.01. The number of nitrogens with zero attached hydrogens (tertiary/aromatic N) is 2. The summed E-state index contributed by atoms with van der Waals surface area (Å²) in [5.41, 5.74) is 0. The highest BCUT2D eigenvalue weighted by Crippen LogP contribution is 2.15. The number of nitrogens with one attached hydrogen (secondary N) is 2. The zero-order valence-electron chi connectivity index (χ0n) is 11.3. The molecule has 1 rings (SSSR count). The van der Waals surface area contributed by atoms with Crippen LogP contribution >= 0.6 is 24.0 Å². The lowest BCUT2D eigenvalue weighted by molar-refractivity contribution is 0.343. The van der Waals surface area contributed by atoms with Crippen molar-refractivity contribution in [2.75, 3.05) is 39.3 Å². The highest BCUT2D eigenvalue weighted by molar-refractivity contribution is 14.0. The quantitative estimate of drug-likeness (QED) is 0.447. The van der Waals surface area contributed by atoms with Crippen molar-refractivity contribution in [2.45, 2.75) is 27.2 Å². The van der Waals surface area contributed by atoms with Gasteiger partial charge in [0.15, 0.2) is 5.96 Å². The normalized spacial score (nSPS) is 19.6. The van der Waals surface area contributed by atoms with Gasteiger partial charge >= 0.3 is 0 Å². The van der Waals surface area contributed by atoms with Gasteiger partial charge in [0.05, 0.1) is 0 Å².